The molecule has 0 aliphatic carbocycles. The fourth-order valence-electron chi connectivity index (χ4n) is 1.31. The Labute approximate surface area is 79.4 Å². The summed E-state index contributed by atoms with van der Waals surface area (Å²) in [5.74, 6) is 0.488. The van der Waals surface area contributed by atoms with Crippen LogP contribution in [0.4, 0.5) is 5.69 Å². The van der Waals surface area contributed by atoms with Crippen LogP contribution in [0.1, 0.15) is 0 Å². The zero-order valence-electron chi connectivity index (χ0n) is 7.07. The second-order valence-corrected chi connectivity index (χ2v) is 3.60. The van der Waals surface area contributed by atoms with E-state index in [4.69, 9.17) is 10.5 Å². The molecule has 0 spiro atoms. The molecule has 1 aromatic heterocycles. The molecule has 0 saturated carbocycles. The third kappa shape index (κ3) is 1.10. The minimum absolute atomic E-state index is 0.132. The smallest absolute Gasteiger partial charge is 0.185 e. The van der Waals surface area contributed by atoms with E-state index in [0.717, 1.165) is 10.1 Å². The quantitative estimate of drug-likeness (QED) is 0.686. The van der Waals surface area contributed by atoms with E-state index in [-0.39, 0.29) is 5.75 Å². The molecule has 2 aromatic rings. The van der Waals surface area contributed by atoms with Crippen LogP contribution in [0.3, 0.4) is 0 Å². The average molecular weight is 195 g/mol. The first-order valence-corrected chi connectivity index (χ1v) is 4.64. The number of aromatic hydroxyl groups is 1. The minimum atomic E-state index is 0.132. The Morgan fingerprint density at radius 1 is 1.54 bits per heavy atom. The summed E-state index contributed by atoms with van der Waals surface area (Å²) in [5, 5.41) is 12.6. The van der Waals surface area contributed by atoms with Gasteiger partial charge >= 0.3 is 0 Å². The lowest BCUT2D eigenvalue weighted by Gasteiger charge is -2.06. The number of hydrogen-bond donors (Lipinski definition) is 2. The lowest BCUT2D eigenvalue weighted by atomic mass is 10.2. The average Bonchev–Trinajstić information content (AvgIpc) is 2.53. The molecule has 0 bridgehead atoms. The van der Waals surface area contributed by atoms with Gasteiger partial charge in [-0.05, 0) is 22.9 Å². The molecular formula is C9H9NO2S. The van der Waals surface area contributed by atoms with Gasteiger partial charge in [0.2, 0.25) is 0 Å². The van der Waals surface area contributed by atoms with Crippen molar-refractivity contribution in [1.82, 2.24) is 0 Å². The van der Waals surface area contributed by atoms with Crippen molar-refractivity contribution < 1.29 is 9.84 Å². The second-order valence-electron chi connectivity index (χ2n) is 2.69. The fraction of sp³-hybridized carbons (Fsp3) is 0.111. The molecule has 0 aliphatic heterocycles. The molecule has 0 atom stereocenters. The van der Waals surface area contributed by atoms with Crippen molar-refractivity contribution in [2.24, 2.45) is 0 Å². The standard InChI is InChI=1S/C9H9NO2S/c1-12-8-6(10)4-5-2-3-13-9(5)7(8)11/h2-4,11H,10H2,1H3. The maximum atomic E-state index is 9.72. The number of anilines is 1. The van der Waals surface area contributed by atoms with Crippen LogP contribution in [0.2, 0.25) is 0 Å². The maximum Gasteiger partial charge on any atom is 0.185 e. The van der Waals surface area contributed by atoms with E-state index >= 15 is 0 Å². The second kappa shape index (κ2) is 2.81. The van der Waals surface area contributed by atoms with Gasteiger partial charge in [-0.15, -0.1) is 11.3 Å². The van der Waals surface area contributed by atoms with Gasteiger partial charge < -0.3 is 15.6 Å². The molecule has 13 heavy (non-hydrogen) atoms. The van der Waals surface area contributed by atoms with Crippen LogP contribution >= 0.6 is 11.3 Å². The molecule has 0 saturated heterocycles. The summed E-state index contributed by atoms with van der Waals surface area (Å²) < 4.78 is 5.80. The van der Waals surface area contributed by atoms with Crippen molar-refractivity contribution in [1.29, 1.82) is 0 Å². The van der Waals surface area contributed by atoms with Gasteiger partial charge in [0.1, 0.15) is 0 Å². The van der Waals surface area contributed by atoms with Crippen molar-refractivity contribution in [3.63, 3.8) is 0 Å². The Morgan fingerprint density at radius 3 is 3.00 bits per heavy atom. The molecule has 2 rings (SSSR count). The number of phenolic OH excluding ortho intramolecular Hbond substituents is 1. The summed E-state index contributed by atoms with van der Waals surface area (Å²) in [6, 6.07) is 3.71. The van der Waals surface area contributed by atoms with E-state index in [9.17, 15) is 5.11 Å². The molecule has 1 aromatic carbocycles. The normalized spacial score (nSPS) is 10.5. The molecule has 68 valence electrons. The van der Waals surface area contributed by atoms with Crippen molar-refractivity contribution >= 4 is 27.1 Å². The number of rotatable bonds is 1. The van der Waals surface area contributed by atoms with Gasteiger partial charge in [-0.1, -0.05) is 0 Å². The maximum absolute atomic E-state index is 9.72. The van der Waals surface area contributed by atoms with Gasteiger partial charge in [-0.3, -0.25) is 0 Å². The number of phenols is 1. The molecule has 0 fully saturated rings. The zero-order chi connectivity index (χ0) is 9.42. The first-order valence-electron chi connectivity index (χ1n) is 3.76. The number of benzene rings is 1. The highest BCUT2D eigenvalue weighted by Gasteiger charge is 2.11. The molecule has 0 amide bonds. The number of nitrogen functional groups attached to an aromatic ring is 1. The lowest BCUT2D eigenvalue weighted by molar-refractivity contribution is 0.379. The Kier molecular flexibility index (Phi) is 1.77. The van der Waals surface area contributed by atoms with Crippen LogP contribution in [0.5, 0.6) is 11.5 Å². The molecule has 0 radical (unpaired) electrons. The number of nitrogens with two attached hydrogens (primary N) is 1. The predicted octanol–water partition coefficient (Wildman–Crippen LogP) is 2.20. The number of thiophene rings is 1. The van der Waals surface area contributed by atoms with E-state index in [1.807, 2.05) is 11.4 Å². The monoisotopic (exact) mass is 195 g/mol. The molecule has 1 heterocycles. The SMILES string of the molecule is COc1c(N)cc2ccsc2c1O. The van der Waals surface area contributed by atoms with Crippen molar-refractivity contribution in [2.45, 2.75) is 0 Å². The highest BCUT2D eigenvalue weighted by Crippen LogP contribution is 2.41. The molecule has 0 unspecified atom stereocenters. The lowest BCUT2D eigenvalue weighted by Crippen LogP contribution is -1.92. The van der Waals surface area contributed by atoms with E-state index in [2.05, 4.69) is 0 Å². The number of fused-ring (bicyclic) bond motifs is 1. The van der Waals surface area contributed by atoms with Gasteiger partial charge in [-0.25, -0.2) is 0 Å². The molecule has 3 N–H and O–H groups in total. The van der Waals surface area contributed by atoms with Crippen molar-refractivity contribution in [2.75, 3.05) is 12.8 Å². The van der Waals surface area contributed by atoms with Crippen LogP contribution < -0.4 is 10.5 Å². The fourth-order valence-corrected chi connectivity index (χ4v) is 2.13. The number of methoxy groups -OCH3 is 1. The van der Waals surface area contributed by atoms with Gasteiger partial charge in [0.25, 0.3) is 0 Å². The summed E-state index contributed by atoms with van der Waals surface area (Å²) in [6.07, 6.45) is 0. The summed E-state index contributed by atoms with van der Waals surface area (Å²) in [6.45, 7) is 0. The topological polar surface area (TPSA) is 55.5 Å². The van der Waals surface area contributed by atoms with Crippen LogP contribution in [-0.2, 0) is 0 Å². The van der Waals surface area contributed by atoms with E-state index in [1.165, 1.54) is 18.4 Å². The molecule has 3 nitrogen and oxygen atoms in total. The van der Waals surface area contributed by atoms with E-state index in [0.29, 0.717) is 11.4 Å². The summed E-state index contributed by atoms with van der Waals surface area (Å²) in [7, 11) is 1.49. The summed E-state index contributed by atoms with van der Waals surface area (Å²) in [5.41, 5.74) is 6.14. The van der Waals surface area contributed by atoms with Crippen LogP contribution in [0, 0.1) is 0 Å². The Morgan fingerprint density at radius 2 is 2.31 bits per heavy atom. The molecule has 4 heteroatoms. The zero-order valence-corrected chi connectivity index (χ0v) is 7.89. The largest absolute Gasteiger partial charge is 0.503 e. The third-order valence-corrected chi connectivity index (χ3v) is 2.84. The van der Waals surface area contributed by atoms with Gasteiger partial charge in [-0.2, -0.15) is 0 Å². The van der Waals surface area contributed by atoms with Gasteiger partial charge in [0.05, 0.1) is 17.5 Å². The highest BCUT2D eigenvalue weighted by molar-refractivity contribution is 7.17. The molecular weight excluding hydrogens is 186 g/mol. The van der Waals surface area contributed by atoms with Gasteiger partial charge in [0.15, 0.2) is 11.5 Å². The highest BCUT2D eigenvalue weighted by atomic mass is 32.1. The Balaban J connectivity index is 2.85. The third-order valence-electron chi connectivity index (χ3n) is 1.90. The van der Waals surface area contributed by atoms with E-state index in [1.54, 1.807) is 6.07 Å². The molecule has 0 aliphatic rings. The van der Waals surface area contributed by atoms with Crippen LogP contribution in [0.15, 0.2) is 17.5 Å². The summed E-state index contributed by atoms with van der Waals surface area (Å²) in [4.78, 5) is 0. The van der Waals surface area contributed by atoms with E-state index < -0.39 is 0 Å². The van der Waals surface area contributed by atoms with Crippen LogP contribution in [-0.4, -0.2) is 12.2 Å². The first kappa shape index (κ1) is 8.19. The Bertz CT molecular complexity index is 450. The van der Waals surface area contributed by atoms with Gasteiger partial charge in [0, 0.05) is 0 Å². The van der Waals surface area contributed by atoms with Crippen molar-refractivity contribution in [3.8, 4) is 11.5 Å². The van der Waals surface area contributed by atoms with Crippen molar-refractivity contribution in [3.05, 3.63) is 17.5 Å². The number of ether oxygens (including phenoxy) is 1. The number of hydrogen-bond acceptors (Lipinski definition) is 4. The summed E-state index contributed by atoms with van der Waals surface area (Å²) >= 11 is 1.47. The first-order chi connectivity index (χ1) is 6.24. The Hall–Kier alpha value is -1.42. The predicted molar refractivity (Wildman–Crippen MR) is 54.5 cm³/mol. The van der Waals surface area contributed by atoms with Crippen LogP contribution in [0.25, 0.3) is 10.1 Å². The minimum Gasteiger partial charge on any atom is -0.503 e.